The van der Waals surface area contributed by atoms with Crippen LogP contribution in [0.15, 0.2) is 103 Å². The van der Waals surface area contributed by atoms with E-state index in [-0.39, 0.29) is 24.4 Å². The van der Waals surface area contributed by atoms with E-state index in [9.17, 15) is 9.18 Å². The summed E-state index contributed by atoms with van der Waals surface area (Å²) in [7, 11) is 1.64. The second-order valence-electron chi connectivity index (χ2n) is 9.44. The van der Waals surface area contributed by atoms with E-state index >= 15 is 0 Å². The molecule has 6 nitrogen and oxygen atoms in total. The second kappa shape index (κ2) is 11.2. The number of nitrogens with one attached hydrogen (secondary N) is 1. The smallest absolute Gasteiger partial charge is 0.261 e. The van der Waals surface area contributed by atoms with Gasteiger partial charge in [0.1, 0.15) is 23.9 Å². The molecule has 0 bridgehead atoms. The Hall–Kier alpha value is -4.69. The SMILES string of the molecule is COc1cccc(C[C@@H](COc2ccc3c(cnn3-c3ccc(F)cc3)c2)NC(=O)c2cc3ccccc3s2)c1. The molecule has 2 aromatic heterocycles. The Labute approximate surface area is 234 Å². The van der Waals surface area contributed by atoms with E-state index < -0.39 is 0 Å². The molecule has 0 aliphatic heterocycles. The fraction of sp³-hybridized carbons (Fsp3) is 0.125. The molecule has 6 aromatic rings. The summed E-state index contributed by atoms with van der Waals surface area (Å²) in [6, 6.07) is 29.3. The van der Waals surface area contributed by atoms with Crippen molar-refractivity contribution in [1.82, 2.24) is 15.1 Å². The summed E-state index contributed by atoms with van der Waals surface area (Å²) >= 11 is 1.47. The van der Waals surface area contributed by atoms with Crippen LogP contribution in [-0.2, 0) is 6.42 Å². The number of carbonyl (C=O) groups excluding carboxylic acids is 1. The van der Waals surface area contributed by atoms with Crippen molar-refractivity contribution in [3.63, 3.8) is 0 Å². The van der Waals surface area contributed by atoms with E-state index in [1.165, 1.54) is 23.5 Å². The van der Waals surface area contributed by atoms with Gasteiger partial charge in [0.15, 0.2) is 0 Å². The number of thiophene rings is 1. The number of fused-ring (bicyclic) bond motifs is 2. The van der Waals surface area contributed by atoms with Gasteiger partial charge in [0, 0.05) is 10.1 Å². The summed E-state index contributed by atoms with van der Waals surface area (Å²) in [5.41, 5.74) is 2.68. The average molecular weight is 552 g/mol. The minimum atomic E-state index is -0.293. The van der Waals surface area contributed by atoms with E-state index in [4.69, 9.17) is 9.47 Å². The van der Waals surface area contributed by atoms with Crippen LogP contribution in [0.5, 0.6) is 11.5 Å². The summed E-state index contributed by atoms with van der Waals surface area (Å²) < 4.78 is 27.8. The predicted molar refractivity (Wildman–Crippen MR) is 156 cm³/mol. The van der Waals surface area contributed by atoms with Gasteiger partial charge in [-0.3, -0.25) is 4.79 Å². The average Bonchev–Trinajstić information content (AvgIpc) is 3.61. The largest absolute Gasteiger partial charge is 0.497 e. The summed E-state index contributed by atoms with van der Waals surface area (Å²) in [4.78, 5) is 13.9. The fourth-order valence-electron chi connectivity index (χ4n) is 4.67. The highest BCUT2D eigenvalue weighted by atomic mass is 32.1. The number of rotatable bonds is 9. The molecule has 0 fully saturated rings. The molecule has 1 amide bonds. The Bertz CT molecular complexity index is 1760. The monoisotopic (exact) mass is 551 g/mol. The molecule has 0 spiro atoms. The van der Waals surface area contributed by atoms with Crippen LogP contribution in [0.4, 0.5) is 4.39 Å². The number of ether oxygens (including phenoxy) is 2. The molecule has 6 rings (SSSR count). The van der Waals surface area contributed by atoms with Gasteiger partial charge in [-0.15, -0.1) is 11.3 Å². The molecular formula is C32H26FN3O3S. The third kappa shape index (κ3) is 5.53. The van der Waals surface area contributed by atoms with Gasteiger partial charge >= 0.3 is 0 Å². The molecule has 200 valence electrons. The maximum absolute atomic E-state index is 13.4. The molecule has 4 aromatic carbocycles. The van der Waals surface area contributed by atoms with Crippen LogP contribution in [0.25, 0.3) is 26.7 Å². The molecule has 0 saturated heterocycles. The first kappa shape index (κ1) is 25.6. The zero-order chi connectivity index (χ0) is 27.5. The maximum atomic E-state index is 13.4. The lowest BCUT2D eigenvalue weighted by molar-refractivity contribution is 0.0925. The lowest BCUT2D eigenvalue weighted by atomic mass is 10.1. The highest BCUT2D eigenvalue weighted by Crippen LogP contribution is 2.26. The Morgan fingerprint density at radius 2 is 1.80 bits per heavy atom. The van der Waals surface area contributed by atoms with Gasteiger partial charge in [-0.05, 0) is 84.1 Å². The van der Waals surface area contributed by atoms with Crippen LogP contribution in [0.2, 0.25) is 0 Å². The molecule has 1 atom stereocenters. The van der Waals surface area contributed by atoms with E-state index in [2.05, 4.69) is 10.4 Å². The van der Waals surface area contributed by atoms with Crippen LogP contribution < -0.4 is 14.8 Å². The van der Waals surface area contributed by atoms with E-state index in [1.54, 1.807) is 30.1 Å². The minimum Gasteiger partial charge on any atom is -0.497 e. The van der Waals surface area contributed by atoms with Crippen molar-refractivity contribution >= 4 is 38.2 Å². The van der Waals surface area contributed by atoms with Crippen LogP contribution in [-0.4, -0.2) is 35.4 Å². The number of carbonyl (C=O) groups is 1. The molecule has 0 saturated carbocycles. The van der Waals surface area contributed by atoms with Crippen molar-refractivity contribution in [3.8, 4) is 17.2 Å². The molecule has 0 radical (unpaired) electrons. The van der Waals surface area contributed by atoms with E-state index in [0.717, 1.165) is 38.0 Å². The van der Waals surface area contributed by atoms with Crippen LogP contribution in [0, 0.1) is 5.82 Å². The van der Waals surface area contributed by atoms with Gasteiger partial charge in [0.25, 0.3) is 5.91 Å². The van der Waals surface area contributed by atoms with Crippen molar-refractivity contribution < 1.29 is 18.7 Å². The molecule has 0 unspecified atom stereocenters. The van der Waals surface area contributed by atoms with Crippen LogP contribution >= 0.6 is 11.3 Å². The van der Waals surface area contributed by atoms with Crippen molar-refractivity contribution in [2.24, 2.45) is 0 Å². The summed E-state index contributed by atoms with van der Waals surface area (Å²) in [5.74, 6) is 1.00. The normalized spacial score (nSPS) is 11.9. The second-order valence-corrected chi connectivity index (χ2v) is 10.5. The van der Waals surface area contributed by atoms with Crippen molar-refractivity contribution in [2.45, 2.75) is 12.5 Å². The number of benzene rings is 4. The zero-order valence-corrected chi connectivity index (χ0v) is 22.5. The molecule has 8 heteroatoms. The number of halogens is 1. The lowest BCUT2D eigenvalue weighted by Gasteiger charge is -2.20. The minimum absolute atomic E-state index is 0.131. The number of methoxy groups -OCH3 is 1. The number of aromatic nitrogens is 2. The molecule has 40 heavy (non-hydrogen) atoms. The highest BCUT2D eigenvalue weighted by Gasteiger charge is 2.18. The number of amides is 1. The van der Waals surface area contributed by atoms with Gasteiger partial charge < -0.3 is 14.8 Å². The Morgan fingerprint density at radius 1 is 0.950 bits per heavy atom. The molecule has 0 aliphatic carbocycles. The molecule has 1 N–H and O–H groups in total. The van der Waals surface area contributed by atoms with Gasteiger partial charge in [0.05, 0.1) is 35.4 Å². The summed E-state index contributed by atoms with van der Waals surface area (Å²) in [6.07, 6.45) is 2.32. The highest BCUT2D eigenvalue weighted by molar-refractivity contribution is 7.20. The van der Waals surface area contributed by atoms with E-state index in [1.807, 2.05) is 72.8 Å². The first-order valence-corrected chi connectivity index (χ1v) is 13.7. The van der Waals surface area contributed by atoms with Gasteiger partial charge in [-0.25, -0.2) is 9.07 Å². The Morgan fingerprint density at radius 3 is 2.62 bits per heavy atom. The quantitative estimate of drug-likeness (QED) is 0.214. The number of nitrogens with zero attached hydrogens (tertiary/aromatic N) is 2. The third-order valence-electron chi connectivity index (χ3n) is 6.66. The van der Waals surface area contributed by atoms with Crippen LogP contribution in [0.1, 0.15) is 15.2 Å². The first-order valence-electron chi connectivity index (χ1n) is 12.8. The Balaban J connectivity index is 1.21. The van der Waals surface area contributed by atoms with Gasteiger partial charge in [0.2, 0.25) is 0 Å². The third-order valence-corrected chi connectivity index (χ3v) is 7.78. The lowest BCUT2D eigenvalue weighted by Crippen LogP contribution is -2.40. The van der Waals surface area contributed by atoms with Gasteiger partial charge in [-0.1, -0.05) is 30.3 Å². The fourth-order valence-corrected chi connectivity index (χ4v) is 5.64. The summed E-state index contributed by atoms with van der Waals surface area (Å²) in [5, 5.41) is 9.58. The molecule has 0 aliphatic rings. The number of hydrogen-bond acceptors (Lipinski definition) is 5. The maximum Gasteiger partial charge on any atom is 0.261 e. The van der Waals surface area contributed by atoms with Crippen molar-refractivity contribution in [2.75, 3.05) is 13.7 Å². The number of hydrogen-bond donors (Lipinski definition) is 1. The van der Waals surface area contributed by atoms with Crippen LogP contribution in [0.3, 0.4) is 0 Å². The predicted octanol–water partition coefficient (Wildman–Crippen LogP) is 6.81. The summed E-state index contributed by atoms with van der Waals surface area (Å²) in [6.45, 7) is 0.269. The topological polar surface area (TPSA) is 65.4 Å². The van der Waals surface area contributed by atoms with Gasteiger partial charge in [-0.2, -0.15) is 5.10 Å². The first-order chi connectivity index (χ1) is 19.6. The van der Waals surface area contributed by atoms with E-state index in [0.29, 0.717) is 17.0 Å². The standard InChI is InChI=1S/C32H26FN3O3S/c1-38-27-7-4-5-21(16-27)15-25(35-32(37)31-18-22-6-2-3-8-30(22)40-31)20-39-28-13-14-29-23(17-28)19-34-36(29)26-11-9-24(33)10-12-26/h2-14,16-19,25H,15,20H2,1H3,(H,35,37)/t25-/m0/s1. The Kier molecular flexibility index (Phi) is 7.16. The van der Waals surface area contributed by atoms with Crippen molar-refractivity contribution in [1.29, 1.82) is 0 Å². The molecule has 2 heterocycles. The van der Waals surface area contributed by atoms with Crippen molar-refractivity contribution in [3.05, 3.63) is 120 Å². The zero-order valence-electron chi connectivity index (χ0n) is 21.7. The molecular weight excluding hydrogens is 525 g/mol.